The Labute approximate surface area is 198 Å². The SMILES string of the molecule is CNc1ncc(C#Cc2ccc(CN3CCOC4CC43)cn2)c2cc(NC(=O)C3CC3)ncc12. The van der Waals surface area contributed by atoms with Crippen LogP contribution in [-0.2, 0) is 16.1 Å². The van der Waals surface area contributed by atoms with Crippen LogP contribution in [0.15, 0.2) is 36.8 Å². The van der Waals surface area contributed by atoms with E-state index in [2.05, 4.69) is 48.4 Å². The molecule has 34 heavy (non-hydrogen) atoms. The molecule has 6 rings (SSSR count). The van der Waals surface area contributed by atoms with Crippen molar-refractivity contribution in [2.45, 2.75) is 38.0 Å². The molecule has 0 radical (unpaired) electrons. The maximum atomic E-state index is 12.2. The molecule has 172 valence electrons. The molecule has 4 heterocycles. The van der Waals surface area contributed by atoms with Crippen molar-refractivity contribution in [3.05, 3.63) is 53.6 Å². The smallest absolute Gasteiger partial charge is 0.228 e. The van der Waals surface area contributed by atoms with Crippen molar-refractivity contribution in [3.8, 4) is 11.8 Å². The van der Waals surface area contributed by atoms with E-state index in [-0.39, 0.29) is 11.8 Å². The lowest BCUT2D eigenvalue weighted by molar-refractivity contribution is -0.117. The molecule has 2 atom stereocenters. The number of ether oxygens (including phenoxy) is 1. The number of morpholine rings is 1. The number of nitrogens with one attached hydrogen (secondary N) is 2. The van der Waals surface area contributed by atoms with Crippen LogP contribution in [0.4, 0.5) is 11.6 Å². The summed E-state index contributed by atoms with van der Waals surface area (Å²) in [4.78, 5) is 28.1. The van der Waals surface area contributed by atoms with Gasteiger partial charge >= 0.3 is 0 Å². The predicted octanol–water partition coefficient (Wildman–Crippen LogP) is 2.79. The molecule has 3 aromatic rings. The molecule has 2 unspecified atom stereocenters. The molecule has 8 nitrogen and oxygen atoms in total. The minimum Gasteiger partial charge on any atom is -0.375 e. The first kappa shape index (κ1) is 21.0. The molecule has 2 N–H and O–H groups in total. The Morgan fingerprint density at radius 3 is 2.85 bits per heavy atom. The van der Waals surface area contributed by atoms with Crippen molar-refractivity contribution >= 4 is 28.3 Å². The van der Waals surface area contributed by atoms with Crippen molar-refractivity contribution in [1.29, 1.82) is 0 Å². The molecule has 2 saturated carbocycles. The summed E-state index contributed by atoms with van der Waals surface area (Å²) in [6, 6.07) is 6.50. The lowest BCUT2D eigenvalue weighted by Gasteiger charge is -2.26. The van der Waals surface area contributed by atoms with E-state index in [0.717, 1.165) is 61.1 Å². The number of nitrogens with zero attached hydrogens (tertiary/aromatic N) is 4. The minimum absolute atomic E-state index is 0.0287. The number of rotatable bonds is 5. The number of aromatic nitrogens is 3. The molecule has 1 amide bonds. The van der Waals surface area contributed by atoms with Crippen LogP contribution in [0.5, 0.6) is 0 Å². The zero-order chi connectivity index (χ0) is 23.1. The van der Waals surface area contributed by atoms with Crippen LogP contribution in [-0.4, -0.2) is 58.1 Å². The first-order valence-electron chi connectivity index (χ1n) is 11.8. The van der Waals surface area contributed by atoms with Crippen molar-refractivity contribution in [3.63, 3.8) is 0 Å². The highest BCUT2D eigenvalue weighted by Gasteiger charge is 2.45. The monoisotopic (exact) mass is 454 g/mol. The van der Waals surface area contributed by atoms with E-state index in [1.165, 1.54) is 5.56 Å². The molecule has 1 saturated heterocycles. The highest BCUT2D eigenvalue weighted by atomic mass is 16.5. The Kier molecular flexibility index (Phi) is 5.36. The predicted molar refractivity (Wildman–Crippen MR) is 129 cm³/mol. The van der Waals surface area contributed by atoms with Gasteiger partial charge in [0, 0.05) is 61.5 Å². The highest BCUT2D eigenvalue weighted by molar-refractivity contribution is 5.99. The normalized spacial score (nSPS) is 21.3. The molecule has 0 aromatic carbocycles. The Bertz CT molecular complexity index is 1310. The minimum atomic E-state index is 0.0287. The zero-order valence-corrected chi connectivity index (χ0v) is 19.0. The Morgan fingerprint density at radius 2 is 2.06 bits per heavy atom. The summed E-state index contributed by atoms with van der Waals surface area (Å²) >= 11 is 0. The van der Waals surface area contributed by atoms with Gasteiger partial charge in [-0.15, -0.1) is 0 Å². The molecule has 8 heteroatoms. The summed E-state index contributed by atoms with van der Waals surface area (Å²) in [5.74, 6) is 7.77. The van der Waals surface area contributed by atoms with Crippen molar-refractivity contribution in [2.24, 2.45) is 5.92 Å². The van der Waals surface area contributed by atoms with Crippen molar-refractivity contribution in [1.82, 2.24) is 19.9 Å². The van der Waals surface area contributed by atoms with E-state index < -0.39 is 0 Å². The number of amides is 1. The summed E-state index contributed by atoms with van der Waals surface area (Å²) in [6.07, 6.45) is 8.85. The molecule has 3 fully saturated rings. The molecular formula is C26H26N6O2. The number of carbonyl (C=O) groups is 1. The lowest BCUT2D eigenvalue weighted by atomic mass is 10.1. The zero-order valence-electron chi connectivity index (χ0n) is 19.0. The van der Waals surface area contributed by atoms with Crippen LogP contribution >= 0.6 is 0 Å². The van der Waals surface area contributed by atoms with Gasteiger partial charge in [-0.2, -0.15) is 0 Å². The number of pyridine rings is 3. The highest BCUT2D eigenvalue weighted by Crippen LogP contribution is 2.35. The van der Waals surface area contributed by atoms with E-state index in [1.54, 1.807) is 12.4 Å². The number of anilines is 2. The molecule has 0 spiro atoms. The van der Waals surface area contributed by atoms with Crippen LogP contribution in [0.3, 0.4) is 0 Å². The number of fused-ring (bicyclic) bond motifs is 2. The first-order valence-corrected chi connectivity index (χ1v) is 11.8. The summed E-state index contributed by atoms with van der Waals surface area (Å²) in [5.41, 5.74) is 2.65. The van der Waals surface area contributed by atoms with Gasteiger partial charge in [0.1, 0.15) is 17.3 Å². The van der Waals surface area contributed by atoms with Crippen molar-refractivity contribution in [2.75, 3.05) is 30.8 Å². The summed E-state index contributed by atoms with van der Waals surface area (Å²) in [7, 11) is 1.82. The molecule has 3 aliphatic rings. The second-order valence-electron chi connectivity index (χ2n) is 9.13. The largest absolute Gasteiger partial charge is 0.375 e. The van der Waals surface area contributed by atoms with E-state index in [0.29, 0.717) is 23.7 Å². The summed E-state index contributed by atoms with van der Waals surface area (Å²) in [5, 5.41) is 7.75. The fraction of sp³-hybridized carbons (Fsp3) is 0.385. The average molecular weight is 455 g/mol. The van der Waals surface area contributed by atoms with E-state index >= 15 is 0 Å². The van der Waals surface area contributed by atoms with Gasteiger partial charge < -0.3 is 15.4 Å². The van der Waals surface area contributed by atoms with Gasteiger partial charge in [-0.1, -0.05) is 12.0 Å². The molecule has 2 aliphatic carbocycles. The van der Waals surface area contributed by atoms with Gasteiger partial charge in [-0.05, 0) is 42.9 Å². The molecule has 1 aliphatic heterocycles. The van der Waals surface area contributed by atoms with Gasteiger partial charge in [0.2, 0.25) is 5.91 Å². The van der Waals surface area contributed by atoms with E-state index in [1.807, 2.05) is 25.4 Å². The van der Waals surface area contributed by atoms with Gasteiger partial charge in [-0.25, -0.2) is 15.0 Å². The fourth-order valence-corrected chi connectivity index (χ4v) is 4.44. The molecule has 0 bridgehead atoms. The maximum absolute atomic E-state index is 12.2. The first-order chi connectivity index (χ1) is 16.7. The lowest BCUT2D eigenvalue weighted by Crippen LogP contribution is -2.36. The average Bonchev–Trinajstić information content (AvgIpc) is 3.77. The Morgan fingerprint density at radius 1 is 1.15 bits per heavy atom. The summed E-state index contributed by atoms with van der Waals surface area (Å²) < 4.78 is 5.69. The maximum Gasteiger partial charge on any atom is 0.228 e. The van der Waals surface area contributed by atoms with Crippen LogP contribution < -0.4 is 10.6 Å². The van der Waals surface area contributed by atoms with Gasteiger partial charge in [0.25, 0.3) is 0 Å². The fourth-order valence-electron chi connectivity index (χ4n) is 4.44. The third-order valence-corrected chi connectivity index (χ3v) is 6.62. The molecular weight excluding hydrogens is 428 g/mol. The standard InChI is InChI=1S/C26H26N6O2/c1-27-25-21-14-29-24(31-26(33)17-3-4-17)10-20(21)18(13-30-25)5-7-19-6-2-16(12-28-19)15-32-8-9-34-23-11-22(23)32/h2,6,10,12-14,17,22-23H,3-4,8-9,11,15H2,1H3,(H,27,30)(H,29,31,33). The quantitative estimate of drug-likeness (QED) is 0.573. The number of hydrogen-bond acceptors (Lipinski definition) is 7. The number of hydrogen-bond donors (Lipinski definition) is 2. The van der Waals surface area contributed by atoms with Crippen LogP contribution in [0.1, 0.15) is 36.1 Å². The second kappa shape index (κ2) is 8.67. The van der Waals surface area contributed by atoms with E-state index in [9.17, 15) is 4.79 Å². The van der Waals surface area contributed by atoms with Crippen LogP contribution in [0.25, 0.3) is 10.8 Å². The summed E-state index contributed by atoms with van der Waals surface area (Å²) in [6.45, 7) is 2.69. The van der Waals surface area contributed by atoms with Gasteiger partial charge in [0.15, 0.2) is 0 Å². The van der Waals surface area contributed by atoms with Crippen LogP contribution in [0.2, 0.25) is 0 Å². The second-order valence-corrected chi connectivity index (χ2v) is 9.13. The molecule has 3 aromatic heterocycles. The van der Waals surface area contributed by atoms with Crippen molar-refractivity contribution < 1.29 is 9.53 Å². The van der Waals surface area contributed by atoms with Gasteiger partial charge in [-0.3, -0.25) is 9.69 Å². The topological polar surface area (TPSA) is 92.3 Å². The van der Waals surface area contributed by atoms with Crippen LogP contribution in [0, 0.1) is 17.8 Å². The Balaban J connectivity index is 1.23. The van der Waals surface area contributed by atoms with E-state index in [4.69, 9.17) is 4.74 Å². The van der Waals surface area contributed by atoms with Gasteiger partial charge in [0.05, 0.1) is 18.3 Å². The number of carbonyl (C=O) groups excluding carboxylic acids is 1. The third-order valence-electron chi connectivity index (χ3n) is 6.62. The third kappa shape index (κ3) is 4.32. The Hall–Kier alpha value is -3.54.